The van der Waals surface area contributed by atoms with Gasteiger partial charge in [-0.1, -0.05) is 26.7 Å². The number of hydrogen-bond acceptors (Lipinski definition) is 2. The molecule has 1 aromatic rings. The van der Waals surface area contributed by atoms with Gasteiger partial charge in [0, 0.05) is 24.2 Å². The second-order valence-corrected chi connectivity index (χ2v) is 4.46. The number of nitrogens with zero attached hydrogens (tertiary/aromatic N) is 1. The summed E-state index contributed by atoms with van der Waals surface area (Å²) in [5, 5.41) is 4.42. The second kappa shape index (κ2) is 6.88. The van der Waals surface area contributed by atoms with Gasteiger partial charge in [0.2, 0.25) is 0 Å². The van der Waals surface area contributed by atoms with E-state index in [1.807, 2.05) is 0 Å². The number of anilines is 1. The highest BCUT2D eigenvalue weighted by molar-refractivity contribution is 7.08. The zero-order chi connectivity index (χ0) is 10.2. The number of unbranched alkanes of at least 4 members (excludes halogenated alkanes) is 2. The summed E-state index contributed by atoms with van der Waals surface area (Å²) in [5.74, 6) is 0. The van der Waals surface area contributed by atoms with Crippen LogP contribution in [0, 0.1) is 0 Å². The van der Waals surface area contributed by atoms with E-state index in [0.29, 0.717) is 0 Å². The van der Waals surface area contributed by atoms with Gasteiger partial charge in [0.05, 0.1) is 0 Å². The summed E-state index contributed by atoms with van der Waals surface area (Å²) in [6.07, 6.45) is 5.18. The van der Waals surface area contributed by atoms with E-state index in [0.717, 1.165) is 0 Å². The predicted octanol–water partition coefficient (Wildman–Crippen LogP) is 4.15. The summed E-state index contributed by atoms with van der Waals surface area (Å²) in [6, 6.07) is 2.23. The minimum Gasteiger partial charge on any atom is -0.371 e. The zero-order valence-corrected chi connectivity index (χ0v) is 10.1. The summed E-state index contributed by atoms with van der Waals surface area (Å²) >= 11 is 1.79. The van der Waals surface area contributed by atoms with E-state index in [4.69, 9.17) is 0 Å². The third-order valence-corrected chi connectivity index (χ3v) is 3.11. The van der Waals surface area contributed by atoms with Crippen molar-refractivity contribution in [3.63, 3.8) is 0 Å². The Morgan fingerprint density at radius 2 is 1.79 bits per heavy atom. The van der Waals surface area contributed by atoms with Crippen LogP contribution in [0.4, 0.5) is 5.69 Å². The van der Waals surface area contributed by atoms with Crippen LogP contribution in [-0.4, -0.2) is 13.1 Å². The molecule has 1 aromatic heterocycles. The molecule has 0 amide bonds. The molecule has 1 rings (SSSR count). The van der Waals surface area contributed by atoms with E-state index >= 15 is 0 Å². The molecule has 0 aromatic carbocycles. The molecule has 0 fully saturated rings. The molecular formula is C12H21NS. The predicted molar refractivity (Wildman–Crippen MR) is 66.3 cm³/mol. The lowest BCUT2D eigenvalue weighted by atomic mass is 10.2. The van der Waals surface area contributed by atoms with Gasteiger partial charge in [-0.05, 0) is 24.3 Å². The minimum atomic E-state index is 1.22. The van der Waals surface area contributed by atoms with Crippen molar-refractivity contribution in [2.45, 2.75) is 39.5 Å². The lowest BCUT2D eigenvalue weighted by molar-refractivity contribution is 0.679. The molecule has 0 unspecified atom stereocenters. The first-order valence-corrected chi connectivity index (χ1v) is 6.60. The van der Waals surface area contributed by atoms with Crippen molar-refractivity contribution in [1.82, 2.24) is 0 Å². The van der Waals surface area contributed by atoms with Crippen molar-refractivity contribution in [3.05, 3.63) is 16.8 Å². The van der Waals surface area contributed by atoms with Crippen LogP contribution in [-0.2, 0) is 0 Å². The summed E-state index contributed by atoms with van der Waals surface area (Å²) in [4.78, 5) is 2.52. The third-order valence-electron chi connectivity index (χ3n) is 2.43. The molecule has 0 aliphatic heterocycles. The first-order chi connectivity index (χ1) is 6.88. The maximum absolute atomic E-state index is 2.52. The molecule has 0 spiro atoms. The minimum absolute atomic E-state index is 1.22. The van der Waals surface area contributed by atoms with Crippen molar-refractivity contribution < 1.29 is 0 Å². The smallest absolute Gasteiger partial charge is 0.0474 e. The van der Waals surface area contributed by atoms with Gasteiger partial charge in [0.1, 0.15) is 0 Å². The molecule has 0 aliphatic rings. The maximum atomic E-state index is 2.52. The van der Waals surface area contributed by atoms with E-state index in [-0.39, 0.29) is 0 Å². The fourth-order valence-electron chi connectivity index (χ4n) is 1.51. The Hall–Kier alpha value is -0.500. The first kappa shape index (κ1) is 11.6. The van der Waals surface area contributed by atoms with Gasteiger partial charge in [-0.2, -0.15) is 11.3 Å². The van der Waals surface area contributed by atoms with Crippen LogP contribution in [0.3, 0.4) is 0 Å². The van der Waals surface area contributed by atoms with Gasteiger partial charge in [-0.3, -0.25) is 0 Å². The van der Waals surface area contributed by atoms with E-state index < -0.39 is 0 Å². The second-order valence-electron chi connectivity index (χ2n) is 3.68. The molecule has 0 atom stereocenters. The Morgan fingerprint density at radius 1 is 1.14 bits per heavy atom. The lowest BCUT2D eigenvalue weighted by Crippen LogP contribution is -2.24. The molecule has 80 valence electrons. The number of thiophene rings is 1. The fraction of sp³-hybridized carbons (Fsp3) is 0.667. The van der Waals surface area contributed by atoms with Crippen LogP contribution in [0.25, 0.3) is 0 Å². The summed E-state index contributed by atoms with van der Waals surface area (Å²) in [5.41, 5.74) is 1.41. The summed E-state index contributed by atoms with van der Waals surface area (Å²) in [6.45, 7) is 6.94. The Labute approximate surface area is 91.8 Å². The van der Waals surface area contributed by atoms with Crippen LogP contribution in [0.2, 0.25) is 0 Å². The van der Waals surface area contributed by atoms with E-state index in [9.17, 15) is 0 Å². The Bertz CT molecular complexity index is 210. The average molecular weight is 211 g/mol. The first-order valence-electron chi connectivity index (χ1n) is 5.65. The van der Waals surface area contributed by atoms with Crippen molar-refractivity contribution in [2.75, 3.05) is 18.0 Å². The molecule has 0 radical (unpaired) electrons. The molecule has 2 heteroatoms. The summed E-state index contributed by atoms with van der Waals surface area (Å²) in [7, 11) is 0. The van der Waals surface area contributed by atoms with Crippen molar-refractivity contribution in [1.29, 1.82) is 0 Å². The topological polar surface area (TPSA) is 3.24 Å². The zero-order valence-electron chi connectivity index (χ0n) is 9.33. The lowest BCUT2D eigenvalue weighted by Gasteiger charge is -2.23. The highest BCUT2D eigenvalue weighted by Crippen LogP contribution is 2.19. The molecule has 0 aliphatic carbocycles. The largest absolute Gasteiger partial charge is 0.371 e. The highest BCUT2D eigenvalue weighted by Gasteiger charge is 2.04. The molecule has 1 nitrogen and oxygen atoms in total. The van der Waals surface area contributed by atoms with E-state index in [2.05, 4.69) is 35.6 Å². The van der Waals surface area contributed by atoms with Crippen molar-refractivity contribution >= 4 is 17.0 Å². The Balaban J connectivity index is 2.44. The van der Waals surface area contributed by atoms with Crippen LogP contribution >= 0.6 is 11.3 Å². The van der Waals surface area contributed by atoms with Crippen LogP contribution in [0.1, 0.15) is 39.5 Å². The van der Waals surface area contributed by atoms with Gasteiger partial charge < -0.3 is 4.90 Å². The van der Waals surface area contributed by atoms with Gasteiger partial charge in [0.25, 0.3) is 0 Å². The van der Waals surface area contributed by atoms with Gasteiger partial charge in [-0.25, -0.2) is 0 Å². The number of rotatable bonds is 7. The molecular weight excluding hydrogens is 190 g/mol. The molecule has 0 saturated heterocycles. The molecule has 1 heterocycles. The van der Waals surface area contributed by atoms with E-state index in [1.54, 1.807) is 11.3 Å². The van der Waals surface area contributed by atoms with Crippen LogP contribution < -0.4 is 4.90 Å². The van der Waals surface area contributed by atoms with E-state index in [1.165, 1.54) is 44.5 Å². The normalized spacial score (nSPS) is 10.4. The van der Waals surface area contributed by atoms with Crippen molar-refractivity contribution in [2.24, 2.45) is 0 Å². The molecule has 0 N–H and O–H groups in total. The van der Waals surface area contributed by atoms with Gasteiger partial charge in [0.15, 0.2) is 0 Å². The molecule has 0 bridgehead atoms. The van der Waals surface area contributed by atoms with Gasteiger partial charge in [-0.15, -0.1) is 0 Å². The SMILES string of the molecule is CCCCN(CCCC)c1ccsc1. The third kappa shape index (κ3) is 3.70. The quantitative estimate of drug-likeness (QED) is 0.654. The maximum Gasteiger partial charge on any atom is 0.0474 e. The van der Waals surface area contributed by atoms with Crippen LogP contribution in [0.15, 0.2) is 16.8 Å². The monoisotopic (exact) mass is 211 g/mol. The highest BCUT2D eigenvalue weighted by atomic mass is 32.1. The van der Waals surface area contributed by atoms with Gasteiger partial charge >= 0.3 is 0 Å². The van der Waals surface area contributed by atoms with Crippen LogP contribution in [0.5, 0.6) is 0 Å². The fourth-order valence-corrected chi connectivity index (χ4v) is 2.17. The van der Waals surface area contributed by atoms with Crippen molar-refractivity contribution in [3.8, 4) is 0 Å². The Morgan fingerprint density at radius 3 is 2.21 bits per heavy atom. The molecule has 0 saturated carbocycles. The molecule has 14 heavy (non-hydrogen) atoms. The standard InChI is InChI=1S/C12H21NS/c1-3-5-8-13(9-6-4-2)12-7-10-14-11-12/h7,10-11H,3-6,8-9H2,1-2H3. The number of hydrogen-bond donors (Lipinski definition) is 0. The summed E-state index contributed by atoms with van der Waals surface area (Å²) < 4.78 is 0. The average Bonchev–Trinajstić information content (AvgIpc) is 2.71. The Kier molecular flexibility index (Phi) is 5.69.